The van der Waals surface area contributed by atoms with Crippen LogP contribution in [0.4, 0.5) is 31.8 Å². The Labute approximate surface area is 240 Å². The van der Waals surface area contributed by atoms with Gasteiger partial charge in [0, 0.05) is 49.4 Å². The first kappa shape index (κ1) is 27.7. The first-order valence-electron chi connectivity index (χ1n) is 14.3. The highest BCUT2D eigenvalue weighted by atomic mass is 19.1. The van der Waals surface area contributed by atoms with Crippen molar-refractivity contribution in [3.05, 3.63) is 65.5 Å². The smallest absolute Gasteiger partial charge is 0.158 e. The van der Waals surface area contributed by atoms with E-state index in [0.29, 0.717) is 35.6 Å². The van der Waals surface area contributed by atoms with Crippen LogP contribution < -0.4 is 20.0 Å². The molecule has 1 atom stereocenters. The molecular weight excluding hydrogens is 526 g/mol. The van der Waals surface area contributed by atoms with Crippen LogP contribution in [0.25, 0.3) is 0 Å². The second kappa shape index (κ2) is 11.1. The van der Waals surface area contributed by atoms with Gasteiger partial charge in [-0.2, -0.15) is 0 Å². The molecule has 1 aromatic heterocycles. The van der Waals surface area contributed by atoms with Gasteiger partial charge in [0.25, 0.3) is 0 Å². The van der Waals surface area contributed by atoms with Gasteiger partial charge >= 0.3 is 0 Å². The summed E-state index contributed by atoms with van der Waals surface area (Å²) in [5, 5.41) is 4.97. The molecule has 3 aliphatic rings. The van der Waals surface area contributed by atoms with E-state index < -0.39 is 11.6 Å². The normalized spacial score (nSPS) is 20.5. The Balaban J connectivity index is 1.17. The molecule has 218 valence electrons. The number of rotatable bonds is 7. The Morgan fingerprint density at radius 1 is 1.02 bits per heavy atom. The van der Waals surface area contributed by atoms with Gasteiger partial charge < -0.3 is 19.9 Å². The van der Waals surface area contributed by atoms with E-state index in [9.17, 15) is 8.78 Å². The van der Waals surface area contributed by atoms with E-state index in [1.165, 1.54) is 49.8 Å². The maximum absolute atomic E-state index is 13.9. The van der Waals surface area contributed by atoms with Crippen molar-refractivity contribution in [2.75, 3.05) is 56.2 Å². The van der Waals surface area contributed by atoms with Crippen molar-refractivity contribution < 1.29 is 18.4 Å². The van der Waals surface area contributed by atoms with Crippen molar-refractivity contribution in [2.45, 2.75) is 51.1 Å². The maximum atomic E-state index is 13.9. The number of ether oxygens (including phenoxy) is 1. The SMILES string of the molecule is COc1cc(N2CCC3(CC2)CC(N(C)C)C3)c(C)cc1Nc1cc(N2OCC[C@@H]2c2cc(F)cc(F)c2)ncn1. The average Bonchev–Trinajstić information content (AvgIpc) is 3.42. The summed E-state index contributed by atoms with van der Waals surface area (Å²) < 4.78 is 33.6. The third kappa shape index (κ3) is 5.55. The molecule has 0 amide bonds. The van der Waals surface area contributed by atoms with Crippen LogP contribution in [0.3, 0.4) is 0 Å². The summed E-state index contributed by atoms with van der Waals surface area (Å²) in [5.74, 6) is 0.547. The van der Waals surface area contributed by atoms with Gasteiger partial charge in [0.2, 0.25) is 0 Å². The lowest BCUT2D eigenvalue weighted by molar-refractivity contribution is 0.00488. The lowest BCUT2D eigenvalue weighted by Gasteiger charge is -2.54. The van der Waals surface area contributed by atoms with Crippen molar-refractivity contribution in [1.82, 2.24) is 14.9 Å². The summed E-state index contributed by atoms with van der Waals surface area (Å²) in [6, 6.07) is 9.86. The average molecular weight is 565 g/mol. The summed E-state index contributed by atoms with van der Waals surface area (Å²) >= 11 is 0. The molecular formula is C31H38F2N6O2. The summed E-state index contributed by atoms with van der Waals surface area (Å²) in [7, 11) is 6.05. The molecule has 3 heterocycles. The molecule has 0 unspecified atom stereocenters. The van der Waals surface area contributed by atoms with Gasteiger partial charge in [-0.3, -0.25) is 4.84 Å². The number of hydroxylamine groups is 1. The lowest BCUT2D eigenvalue weighted by Crippen LogP contribution is -2.53. The van der Waals surface area contributed by atoms with E-state index in [1.807, 2.05) is 0 Å². The topological polar surface area (TPSA) is 66.0 Å². The number of nitrogens with zero attached hydrogens (tertiary/aromatic N) is 5. The van der Waals surface area contributed by atoms with Gasteiger partial charge in [0.05, 0.1) is 25.4 Å². The number of anilines is 4. The number of halogens is 2. The standard InChI is InChI=1S/C31H38F2N6O2/c1-20-11-25(28(40-4)15-27(20)38-8-6-31(7-9-38)17-24(18-31)37(2)3)36-29-16-30(35-19-34-29)39-26(5-10-41-39)21-12-22(32)14-23(33)13-21/h11-16,19,24,26H,5-10,17-18H2,1-4H3,(H,34,35,36)/t26-/m1/s1. The zero-order chi connectivity index (χ0) is 28.7. The van der Waals surface area contributed by atoms with Gasteiger partial charge in [0.15, 0.2) is 5.82 Å². The van der Waals surface area contributed by atoms with Crippen LogP contribution in [0.5, 0.6) is 5.75 Å². The summed E-state index contributed by atoms with van der Waals surface area (Å²) in [4.78, 5) is 19.5. The van der Waals surface area contributed by atoms with Crippen molar-refractivity contribution in [2.24, 2.45) is 5.41 Å². The molecule has 0 bridgehead atoms. The van der Waals surface area contributed by atoms with Crippen LogP contribution in [0, 0.1) is 24.0 Å². The molecule has 10 heteroatoms. The quantitative estimate of drug-likeness (QED) is 0.375. The third-order valence-corrected chi connectivity index (χ3v) is 9.07. The van der Waals surface area contributed by atoms with Crippen molar-refractivity contribution >= 4 is 23.0 Å². The van der Waals surface area contributed by atoms with Crippen LogP contribution in [-0.2, 0) is 4.84 Å². The monoisotopic (exact) mass is 564 g/mol. The molecule has 2 aromatic carbocycles. The second-order valence-corrected chi connectivity index (χ2v) is 11.9. The number of nitrogens with one attached hydrogen (secondary N) is 1. The Kier molecular flexibility index (Phi) is 7.46. The maximum Gasteiger partial charge on any atom is 0.158 e. The number of methoxy groups -OCH3 is 1. The summed E-state index contributed by atoms with van der Waals surface area (Å²) in [5.41, 5.74) is 4.17. The highest BCUT2D eigenvalue weighted by Gasteiger charge is 2.46. The Morgan fingerprint density at radius 3 is 2.44 bits per heavy atom. The molecule has 3 fully saturated rings. The number of piperidine rings is 1. The molecule has 2 saturated heterocycles. The number of aromatic nitrogens is 2. The van der Waals surface area contributed by atoms with Crippen LogP contribution in [0.15, 0.2) is 42.7 Å². The fraction of sp³-hybridized carbons (Fsp3) is 0.484. The summed E-state index contributed by atoms with van der Waals surface area (Å²) in [6.07, 6.45) is 7.10. The first-order chi connectivity index (χ1) is 19.7. The molecule has 1 spiro atoms. The highest BCUT2D eigenvalue weighted by molar-refractivity contribution is 5.72. The van der Waals surface area contributed by atoms with Crippen LogP contribution in [0.2, 0.25) is 0 Å². The number of aryl methyl sites for hydroxylation is 1. The second-order valence-electron chi connectivity index (χ2n) is 11.9. The molecule has 41 heavy (non-hydrogen) atoms. The summed E-state index contributed by atoms with van der Waals surface area (Å²) in [6.45, 7) is 4.65. The van der Waals surface area contributed by atoms with Crippen LogP contribution >= 0.6 is 0 Å². The van der Waals surface area contributed by atoms with Gasteiger partial charge in [-0.25, -0.2) is 23.8 Å². The van der Waals surface area contributed by atoms with E-state index in [4.69, 9.17) is 9.57 Å². The molecule has 3 aromatic rings. The zero-order valence-corrected chi connectivity index (χ0v) is 24.2. The largest absolute Gasteiger partial charge is 0.494 e. The van der Waals surface area contributed by atoms with Crippen molar-refractivity contribution in [3.8, 4) is 5.75 Å². The first-order valence-corrected chi connectivity index (χ1v) is 14.3. The van der Waals surface area contributed by atoms with E-state index in [1.54, 1.807) is 18.2 Å². The minimum Gasteiger partial charge on any atom is -0.494 e. The number of hydrogen-bond donors (Lipinski definition) is 1. The van der Waals surface area contributed by atoms with Gasteiger partial charge in [-0.05, 0) is 81.4 Å². The Morgan fingerprint density at radius 2 is 1.76 bits per heavy atom. The zero-order valence-electron chi connectivity index (χ0n) is 24.2. The fourth-order valence-corrected chi connectivity index (χ4v) is 6.66. The molecule has 8 nitrogen and oxygen atoms in total. The van der Waals surface area contributed by atoms with Crippen LogP contribution in [-0.4, -0.2) is 61.8 Å². The van der Waals surface area contributed by atoms with Gasteiger partial charge in [0.1, 0.15) is 29.5 Å². The fourth-order valence-electron chi connectivity index (χ4n) is 6.66. The molecule has 2 aliphatic heterocycles. The molecule has 1 N–H and O–H groups in total. The molecule has 0 radical (unpaired) electrons. The molecule has 6 rings (SSSR count). The predicted molar refractivity (Wildman–Crippen MR) is 156 cm³/mol. The van der Waals surface area contributed by atoms with Crippen molar-refractivity contribution in [3.63, 3.8) is 0 Å². The number of benzene rings is 2. The van der Waals surface area contributed by atoms with Gasteiger partial charge in [-0.1, -0.05) is 0 Å². The predicted octanol–water partition coefficient (Wildman–Crippen LogP) is 6.01. The van der Waals surface area contributed by atoms with E-state index >= 15 is 0 Å². The Hall–Kier alpha value is -3.50. The van der Waals surface area contributed by atoms with E-state index in [0.717, 1.165) is 42.2 Å². The van der Waals surface area contributed by atoms with Crippen molar-refractivity contribution in [1.29, 1.82) is 0 Å². The highest BCUT2D eigenvalue weighted by Crippen LogP contribution is 2.51. The minimum absolute atomic E-state index is 0.364. The lowest BCUT2D eigenvalue weighted by atomic mass is 9.60. The minimum atomic E-state index is -0.618. The molecule has 1 saturated carbocycles. The Bertz CT molecular complexity index is 1380. The number of hydrogen-bond acceptors (Lipinski definition) is 8. The van der Waals surface area contributed by atoms with Gasteiger partial charge in [-0.15, -0.1) is 0 Å². The molecule has 1 aliphatic carbocycles. The van der Waals surface area contributed by atoms with E-state index in [-0.39, 0.29) is 6.04 Å². The van der Waals surface area contributed by atoms with Crippen LogP contribution in [0.1, 0.15) is 49.3 Å². The third-order valence-electron chi connectivity index (χ3n) is 9.07. The van der Waals surface area contributed by atoms with E-state index in [2.05, 4.69) is 58.2 Å².